The molecule has 1 N–H and O–H groups in total. The molecule has 1 saturated carbocycles. The Kier molecular flexibility index (Phi) is 6.28. The summed E-state index contributed by atoms with van der Waals surface area (Å²) in [6.07, 6.45) is 3.83. The molecule has 1 aliphatic rings. The van der Waals surface area contributed by atoms with E-state index in [1.54, 1.807) is 6.26 Å². The first-order valence-electron chi connectivity index (χ1n) is 11.0. The molecule has 2 aromatic heterocycles. The molecule has 168 valence electrons. The van der Waals surface area contributed by atoms with E-state index in [0.717, 1.165) is 41.2 Å². The molecule has 0 atom stereocenters. The second-order valence-electron chi connectivity index (χ2n) is 8.35. The molecule has 33 heavy (non-hydrogen) atoms. The summed E-state index contributed by atoms with van der Waals surface area (Å²) >= 11 is 5.99. The number of benzene rings is 2. The van der Waals surface area contributed by atoms with Crippen LogP contribution in [0.5, 0.6) is 0 Å². The van der Waals surface area contributed by atoms with E-state index in [0.29, 0.717) is 36.3 Å². The number of rotatable bonds is 9. The quantitative estimate of drug-likeness (QED) is 0.347. The summed E-state index contributed by atoms with van der Waals surface area (Å²) in [6, 6.07) is 21.4. The van der Waals surface area contributed by atoms with Gasteiger partial charge >= 0.3 is 0 Å². The van der Waals surface area contributed by atoms with Crippen LogP contribution in [0.4, 0.5) is 0 Å². The minimum Gasteiger partial charge on any atom is -0.468 e. The third-order valence-electron chi connectivity index (χ3n) is 5.57. The zero-order valence-corrected chi connectivity index (χ0v) is 18.8. The predicted octanol–water partition coefficient (Wildman–Crippen LogP) is 5.68. The maximum absolute atomic E-state index is 12.3. The van der Waals surface area contributed by atoms with Crippen molar-refractivity contribution in [2.24, 2.45) is 0 Å². The second kappa shape index (κ2) is 9.65. The Morgan fingerprint density at radius 2 is 1.76 bits per heavy atom. The summed E-state index contributed by atoms with van der Waals surface area (Å²) < 4.78 is 11.2. The predicted molar refractivity (Wildman–Crippen MR) is 126 cm³/mol. The number of aromatic nitrogens is 1. The molecule has 0 bridgehead atoms. The van der Waals surface area contributed by atoms with E-state index < -0.39 is 0 Å². The summed E-state index contributed by atoms with van der Waals surface area (Å²) in [7, 11) is 0. The lowest BCUT2D eigenvalue weighted by Gasteiger charge is -2.20. The maximum Gasteiger partial charge on any atom is 0.251 e. The standard InChI is InChI=1S/C26H24ClN3O3/c27-21-9-7-19(8-10-21)25-14-24(33-29-25)17-30(16-23-2-1-13-32-23)15-18-3-5-20(6-4-18)26(31)28-22-11-12-22/h1-10,13-14,22H,11-12,15-17H2,(H,28,31). The van der Waals surface area contributed by atoms with Gasteiger partial charge in [-0.15, -0.1) is 0 Å². The van der Waals surface area contributed by atoms with Crippen LogP contribution in [0.15, 0.2) is 81.9 Å². The molecule has 0 aliphatic heterocycles. The molecule has 0 radical (unpaired) electrons. The Balaban J connectivity index is 1.29. The van der Waals surface area contributed by atoms with Crippen molar-refractivity contribution in [2.45, 2.75) is 38.5 Å². The molecular weight excluding hydrogens is 438 g/mol. The number of nitrogens with zero attached hydrogens (tertiary/aromatic N) is 2. The Labute approximate surface area is 197 Å². The Morgan fingerprint density at radius 1 is 1.00 bits per heavy atom. The van der Waals surface area contributed by atoms with Crippen LogP contribution < -0.4 is 5.32 Å². The number of hydrogen-bond donors (Lipinski definition) is 1. The van der Waals surface area contributed by atoms with Crippen molar-refractivity contribution >= 4 is 17.5 Å². The number of furan rings is 1. The van der Waals surface area contributed by atoms with E-state index in [-0.39, 0.29) is 5.91 Å². The van der Waals surface area contributed by atoms with Gasteiger partial charge in [-0.2, -0.15) is 0 Å². The highest BCUT2D eigenvalue weighted by atomic mass is 35.5. The molecular formula is C26H24ClN3O3. The average Bonchev–Trinajstić information content (AvgIpc) is 3.27. The fourth-order valence-corrected chi connectivity index (χ4v) is 3.80. The number of hydrogen-bond acceptors (Lipinski definition) is 5. The summed E-state index contributed by atoms with van der Waals surface area (Å²) in [4.78, 5) is 14.5. The van der Waals surface area contributed by atoms with Gasteiger partial charge in [0.05, 0.1) is 19.4 Å². The van der Waals surface area contributed by atoms with Crippen molar-refractivity contribution in [2.75, 3.05) is 0 Å². The van der Waals surface area contributed by atoms with Crippen LogP contribution in [-0.2, 0) is 19.6 Å². The number of nitrogens with one attached hydrogen (secondary N) is 1. The Morgan fingerprint density at radius 3 is 2.45 bits per heavy atom. The number of carbonyl (C=O) groups is 1. The summed E-state index contributed by atoms with van der Waals surface area (Å²) in [6.45, 7) is 1.85. The molecule has 0 spiro atoms. The van der Waals surface area contributed by atoms with Crippen LogP contribution >= 0.6 is 11.6 Å². The first-order chi connectivity index (χ1) is 16.1. The van der Waals surface area contributed by atoms with Gasteiger partial charge < -0.3 is 14.3 Å². The molecule has 1 amide bonds. The minimum atomic E-state index is -0.00659. The first kappa shape index (κ1) is 21.5. The van der Waals surface area contributed by atoms with Gasteiger partial charge in [0.1, 0.15) is 11.5 Å². The summed E-state index contributed by atoms with van der Waals surface area (Å²) in [5.74, 6) is 1.62. The smallest absolute Gasteiger partial charge is 0.251 e. The van der Waals surface area contributed by atoms with Crippen molar-refractivity contribution in [3.05, 3.63) is 101 Å². The van der Waals surface area contributed by atoms with Crippen LogP contribution in [0.25, 0.3) is 11.3 Å². The maximum atomic E-state index is 12.3. The zero-order chi connectivity index (χ0) is 22.6. The fourth-order valence-electron chi connectivity index (χ4n) is 3.67. The number of carbonyl (C=O) groups excluding carboxylic acids is 1. The van der Waals surface area contributed by atoms with E-state index in [1.165, 1.54) is 0 Å². The van der Waals surface area contributed by atoms with Gasteiger partial charge in [0.25, 0.3) is 5.91 Å². The minimum absolute atomic E-state index is 0.00659. The van der Waals surface area contributed by atoms with Gasteiger partial charge in [0, 0.05) is 34.8 Å². The van der Waals surface area contributed by atoms with Crippen molar-refractivity contribution in [1.29, 1.82) is 0 Å². The lowest BCUT2D eigenvalue weighted by molar-refractivity contribution is 0.0951. The van der Waals surface area contributed by atoms with Crippen molar-refractivity contribution in [3.63, 3.8) is 0 Å². The van der Waals surface area contributed by atoms with Gasteiger partial charge in [0.15, 0.2) is 5.76 Å². The van der Waals surface area contributed by atoms with E-state index in [2.05, 4.69) is 15.4 Å². The lowest BCUT2D eigenvalue weighted by atomic mass is 10.1. The van der Waals surface area contributed by atoms with Crippen LogP contribution in [0, 0.1) is 0 Å². The van der Waals surface area contributed by atoms with Crippen LogP contribution in [0.3, 0.4) is 0 Å². The van der Waals surface area contributed by atoms with Crippen molar-refractivity contribution in [1.82, 2.24) is 15.4 Å². The van der Waals surface area contributed by atoms with Crippen molar-refractivity contribution < 1.29 is 13.7 Å². The van der Waals surface area contributed by atoms with Gasteiger partial charge in [-0.05, 0) is 54.8 Å². The van der Waals surface area contributed by atoms with E-state index in [9.17, 15) is 4.79 Å². The Bertz CT molecular complexity index is 1200. The monoisotopic (exact) mass is 461 g/mol. The SMILES string of the molecule is O=C(NC1CC1)c1ccc(CN(Cc2ccco2)Cc2cc(-c3ccc(Cl)cc3)no2)cc1. The lowest BCUT2D eigenvalue weighted by Crippen LogP contribution is -2.25. The third-order valence-corrected chi connectivity index (χ3v) is 5.82. The van der Waals surface area contributed by atoms with Crippen LogP contribution in [0.2, 0.25) is 5.02 Å². The van der Waals surface area contributed by atoms with Crippen LogP contribution in [-0.4, -0.2) is 22.0 Å². The van der Waals surface area contributed by atoms with E-state index in [4.69, 9.17) is 20.5 Å². The highest BCUT2D eigenvalue weighted by molar-refractivity contribution is 6.30. The first-order valence-corrected chi connectivity index (χ1v) is 11.4. The molecule has 7 heteroatoms. The summed E-state index contributed by atoms with van der Waals surface area (Å²) in [5.41, 5.74) is 3.51. The Hall–Kier alpha value is -3.35. The number of halogens is 1. The second-order valence-corrected chi connectivity index (χ2v) is 8.79. The van der Waals surface area contributed by atoms with E-state index in [1.807, 2.05) is 66.7 Å². The largest absolute Gasteiger partial charge is 0.468 e. The molecule has 4 aromatic rings. The topological polar surface area (TPSA) is 71.5 Å². The molecule has 2 heterocycles. The van der Waals surface area contributed by atoms with Gasteiger partial charge in [-0.25, -0.2) is 0 Å². The fraction of sp³-hybridized carbons (Fsp3) is 0.231. The third kappa shape index (κ3) is 5.72. The van der Waals surface area contributed by atoms with Crippen LogP contribution in [0.1, 0.15) is 40.3 Å². The van der Waals surface area contributed by atoms with Gasteiger partial charge in [-0.1, -0.05) is 41.0 Å². The van der Waals surface area contributed by atoms with Gasteiger partial charge in [-0.3, -0.25) is 9.69 Å². The molecule has 0 unspecified atom stereocenters. The van der Waals surface area contributed by atoms with E-state index >= 15 is 0 Å². The normalized spacial score (nSPS) is 13.4. The van der Waals surface area contributed by atoms with Crippen molar-refractivity contribution in [3.8, 4) is 11.3 Å². The molecule has 2 aromatic carbocycles. The average molecular weight is 462 g/mol. The van der Waals surface area contributed by atoms with Gasteiger partial charge in [0.2, 0.25) is 0 Å². The zero-order valence-electron chi connectivity index (χ0n) is 18.0. The molecule has 0 saturated heterocycles. The molecule has 6 nitrogen and oxygen atoms in total. The summed E-state index contributed by atoms with van der Waals surface area (Å²) in [5, 5.41) is 7.93. The molecule has 5 rings (SSSR count). The molecule has 1 fully saturated rings. The highest BCUT2D eigenvalue weighted by Crippen LogP contribution is 2.23. The number of amides is 1. The molecule has 1 aliphatic carbocycles. The highest BCUT2D eigenvalue weighted by Gasteiger charge is 2.23.